The maximum atomic E-state index is 12.5. The highest BCUT2D eigenvalue weighted by Crippen LogP contribution is 2.43. The first-order valence-corrected chi connectivity index (χ1v) is 6.15. The van der Waals surface area contributed by atoms with Crippen molar-refractivity contribution in [3.63, 3.8) is 0 Å². The van der Waals surface area contributed by atoms with Gasteiger partial charge in [0, 0.05) is 10.1 Å². The maximum absolute atomic E-state index is 12.5. The molecule has 1 aliphatic heterocycles. The van der Waals surface area contributed by atoms with E-state index in [4.69, 9.17) is 0 Å². The number of hydrogen-bond donors (Lipinski definition) is 1. The Labute approximate surface area is 102 Å². The monoisotopic (exact) mass is 262 g/mol. The number of aliphatic hydroxyl groups is 1. The molecule has 0 aliphatic carbocycles. The molecule has 94 valence electrons. The van der Waals surface area contributed by atoms with Crippen molar-refractivity contribution in [3.05, 3.63) is 29.3 Å². The first-order chi connectivity index (χ1) is 7.68. The van der Waals surface area contributed by atoms with Gasteiger partial charge in [-0.25, -0.2) is 0 Å². The molecule has 1 heterocycles. The number of benzene rings is 1. The quantitative estimate of drug-likeness (QED) is 0.836. The van der Waals surface area contributed by atoms with Crippen molar-refractivity contribution in [2.75, 3.05) is 0 Å². The van der Waals surface area contributed by atoms with Crippen molar-refractivity contribution < 1.29 is 18.3 Å². The van der Waals surface area contributed by atoms with E-state index in [0.29, 0.717) is 12.0 Å². The number of hydrogen-bond acceptors (Lipinski definition) is 2. The lowest BCUT2D eigenvalue weighted by Crippen LogP contribution is -2.32. The van der Waals surface area contributed by atoms with Crippen LogP contribution in [0.3, 0.4) is 0 Å². The summed E-state index contributed by atoms with van der Waals surface area (Å²) in [5.41, 5.74) is -0.826. The van der Waals surface area contributed by atoms with Crippen LogP contribution in [-0.2, 0) is 12.6 Å². The highest BCUT2D eigenvalue weighted by Gasteiger charge is 2.36. The molecule has 0 aromatic heterocycles. The summed E-state index contributed by atoms with van der Waals surface area (Å²) in [6, 6.07) is 3.78. The molecule has 0 radical (unpaired) electrons. The Hall–Kier alpha value is -0.680. The van der Waals surface area contributed by atoms with Crippen LogP contribution in [0.25, 0.3) is 0 Å². The highest BCUT2D eigenvalue weighted by molar-refractivity contribution is 8.00. The van der Waals surface area contributed by atoms with Crippen LogP contribution in [0.5, 0.6) is 0 Å². The third kappa shape index (κ3) is 2.60. The molecule has 0 saturated heterocycles. The van der Waals surface area contributed by atoms with Gasteiger partial charge in [0.2, 0.25) is 0 Å². The van der Waals surface area contributed by atoms with Crippen molar-refractivity contribution in [3.8, 4) is 0 Å². The zero-order chi connectivity index (χ0) is 12.8. The molecule has 1 atom stereocenters. The van der Waals surface area contributed by atoms with Gasteiger partial charge in [-0.3, -0.25) is 0 Å². The van der Waals surface area contributed by atoms with E-state index in [1.165, 1.54) is 23.9 Å². The molecule has 0 fully saturated rings. The van der Waals surface area contributed by atoms with Crippen LogP contribution in [0.15, 0.2) is 23.1 Å². The normalized spacial score (nSPS) is 20.5. The van der Waals surface area contributed by atoms with Gasteiger partial charge in [-0.1, -0.05) is 0 Å². The first kappa shape index (κ1) is 12.8. The van der Waals surface area contributed by atoms with E-state index in [2.05, 4.69) is 0 Å². The van der Waals surface area contributed by atoms with Gasteiger partial charge < -0.3 is 5.11 Å². The van der Waals surface area contributed by atoms with Crippen LogP contribution in [0.2, 0.25) is 0 Å². The molecular formula is C12H13F3OS. The maximum Gasteiger partial charge on any atom is 0.416 e. The molecule has 0 bridgehead atoms. The number of rotatable bonds is 1. The van der Waals surface area contributed by atoms with Crippen LogP contribution < -0.4 is 0 Å². The smallest absolute Gasteiger partial charge is 0.389 e. The number of halogens is 3. The van der Waals surface area contributed by atoms with E-state index in [1.54, 1.807) is 13.8 Å². The standard InChI is InChI=1S/C12H13F3OS/c1-11(2,16)10-6-7-5-8(12(13,14)15)3-4-9(7)17-10/h3-5,10,16H,6H2,1-2H3. The topological polar surface area (TPSA) is 20.2 Å². The zero-order valence-electron chi connectivity index (χ0n) is 9.51. The van der Waals surface area contributed by atoms with Crippen LogP contribution in [0.4, 0.5) is 13.2 Å². The van der Waals surface area contributed by atoms with Crippen LogP contribution in [-0.4, -0.2) is 16.0 Å². The molecule has 0 amide bonds. The summed E-state index contributed by atoms with van der Waals surface area (Å²) in [5, 5.41) is 9.79. The van der Waals surface area contributed by atoms with Gasteiger partial charge in [-0.2, -0.15) is 13.2 Å². The summed E-state index contributed by atoms with van der Waals surface area (Å²) in [4.78, 5) is 0.838. The zero-order valence-corrected chi connectivity index (χ0v) is 10.3. The van der Waals surface area contributed by atoms with E-state index in [-0.39, 0.29) is 5.25 Å². The van der Waals surface area contributed by atoms with Crippen molar-refractivity contribution in [1.82, 2.24) is 0 Å². The lowest BCUT2D eigenvalue weighted by molar-refractivity contribution is -0.137. The average molecular weight is 262 g/mol. The van der Waals surface area contributed by atoms with E-state index in [1.807, 2.05) is 0 Å². The SMILES string of the molecule is CC(C)(O)C1Cc2cc(C(F)(F)F)ccc2S1. The molecule has 1 unspecified atom stereocenters. The molecule has 1 aliphatic rings. The second-order valence-electron chi connectivity index (χ2n) is 4.78. The third-order valence-corrected chi connectivity index (χ3v) is 4.53. The summed E-state index contributed by atoms with van der Waals surface area (Å²) in [6.45, 7) is 3.36. The van der Waals surface area contributed by atoms with E-state index in [0.717, 1.165) is 11.0 Å². The van der Waals surface area contributed by atoms with Gasteiger partial charge in [0.25, 0.3) is 0 Å². The molecule has 5 heteroatoms. The van der Waals surface area contributed by atoms with Crippen LogP contribution in [0.1, 0.15) is 25.0 Å². The summed E-state index contributed by atoms with van der Waals surface area (Å²) >= 11 is 1.45. The summed E-state index contributed by atoms with van der Waals surface area (Å²) in [7, 11) is 0. The van der Waals surface area contributed by atoms with Gasteiger partial charge in [0.1, 0.15) is 0 Å². The Morgan fingerprint density at radius 1 is 1.29 bits per heavy atom. The minimum atomic E-state index is -4.30. The van der Waals surface area contributed by atoms with Gasteiger partial charge in [-0.05, 0) is 44.0 Å². The van der Waals surface area contributed by atoms with Gasteiger partial charge in [-0.15, -0.1) is 11.8 Å². The van der Waals surface area contributed by atoms with Crippen molar-refractivity contribution in [2.45, 2.75) is 42.2 Å². The Bertz CT molecular complexity index is 434. The van der Waals surface area contributed by atoms with Crippen LogP contribution >= 0.6 is 11.8 Å². The molecule has 0 spiro atoms. The largest absolute Gasteiger partial charge is 0.416 e. The average Bonchev–Trinajstić information content (AvgIpc) is 2.57. The molecule has 1 N–H and O–H groups in total. The fourth-order valence-corrected chi connectivity index (χ4v) is 3.12. The summed E-state index contributed by atoms with van der Waals surface area (Å²) < 4.78 is 37.6. The number of alkyl halides is 3. The fourth-order valence-electron chi connectivity index (χ4n) is 1.82. The second-order valence-corrected chi connectivity index (χ2v) is 6.03. The Kier molecular flexibility index (Phi) is 2.94. The predicted octanol–water partition coefficient (Wildman–Crippen LogP) is 3.49. The van der Waals surface area contributed by atoms with Crippen molar-refractivity contribution in [2.24, 2.45) is 0 Å². The summed E-state index contributed by atoms with van der Waals surface area (Å²) in [5.74, 6) is 0. The third-order valence-electron chi connectivity index (χ3n) is 2.85. The van der Waals surface area contributed by atoms with Crippen molar-refractivity contribution in [1.29, 1.82) is 0 Å². The van der Waals surface area contributed by atoms with E-state index >= 15 is 0 Å². The van der Waals surface area contributed by atoms with Crippen LogP contribution in [0, 0.1) is 0 Å². The minimum Gasteiger partial charge on any atom is -0.389 e. The lowest BCUT2D eigenvalue weighted by atomic mass is 9.97. The lowest BCUT2D eigenvalue weighted by Gasteiger charge is -2.23. The van der Waals surface area contributed by atoms with Crippen molar-refractivity contribution >= 4 is 11.8 Å². The summed E-state index contributed by atoms with van der Waals surface area (Å²) in [6.07, 6.45) is -3.82. The van der Waals surface area contributed by atoms with Gasteiger partial charge >= 0.3 is 6.18 Å². The predicted molar refractivity (Wildman–Crippen MR) is 61.1 cm³/mol. The Morgan fingerprint density at radius 3 is 2.47 bits per heavy atom. The second kappa shape index (κ2) is 3.92. The minimum absolute atomic E-state index is 0.0824. The van der Waals surface area contributed by atoms with E-state index < -0.39 is 17.3 Å². The molecule has 0 saturated carbocycles. The molecular weight excluding hydrogens is 249 g/mol. The molecule has 1 aromatic carbocycles. The fraction of sp³-hybridized carbons (Fsp3) is 0.500. The Morgan fingerprint density at radius 2 is 1.94 bits per heavy atom. The Balaban J connectivity index is 2.29. The number of fused-ring (bicyclic) bond motifs is 1. The first-order valence-electron chi connectivity index (χ1n) is 5.27. The highest BCUT2D eigenvalue weighted by atomic mass is 32.2. The van der Waals surface area contributed by atoms with Gasteiger partial charge in [0.15, 0.2) is 0 Å². The molecule has 2 rings (SSSR count). The molecule has 17 heavy (non-hydrogen) atoms. The van der Waals surface area contributed by atoms with E-state index in [9.17, 15) is 18.3 Å². The molecule has 1 nitrogen and oxygen atoms in total. The molecule has 1 aromatic rings. The van der Waals surface area contributed by atoms with Gasteiger partial charge in [0.05, 0.1) is 11.2 Å². The number of thioether (sulfide) groups is 1.